The zero-order chi connectivity index (χ0) is 47.2. The summed E-state index contributed by atoms with van der Waals surface area (Å²) < 4.78 is 5.46. The van der Waals surface area contributed by atoms with Crippen LogP contribution in [0.15, 0.2) is 36.5 Å². The maximum Gasteiger partial charge on any atom is 0.305 e. The number of aliphatic hydroxyl groups excluding tert-OH is 2. The summed E-state index contributed by atoms with van der Waals surface area (Å²) in [6, 6.07) is -0.548. The molecule has 0 aromatic carbocycles. The maximum atomic E-state index is 12.4. The third kappa shape index (κ3) is 51.3. The lowest BCUT2D eigenvalue weighted by atomic mass is 10.0. The van der Waals surface area contributed by atoms with Crippen LogP contribution in [0.1, 0.15) is 303 Å². The minimum Gasteiger partial charge on any atom is -0.466 e. The van der Waals surface area contributed by atoms with Crippen molar-refractivity contribution in [1.29, 1.82) is 0 Å². The van der Waals surface area contributed by atoms with Gasteiger partial charge in [-0.15, -0.1) is 0 Å². The van der Waals surface area contributed by atoms with Crippen LogP contribution in [0, 0.1) is 0 Å². The van der Waals surface area contributed by atoms with Gasteiger partial charge in [-0.3, -0.25) is 9.59 Å². The van der Waals surface area contributed by atoms with Crippen molar-refractivity contribution in [3.63, 3.8) is 0 Å². The van der Waals surface area contributed by atoms with Crippen LogP contribution in [-0.2, 0) is 14.3 Å². The summed E-state index contributed by atoms with van der Waals surface area (Å²) in [5, 5.41) is 23.2. The van der Waals surface area contributed by atoms with Gasteiger partial charge in [-0.05, 0) is 83.5 Å². The lowest BCUT2D eigenvalue weighted by Gasteiger charge is -2.22. The number of rotatable bonds is 53. The van der Waals surface area contributed by atoms with E-state index in [1.807, 2.05) is 0 Å². The molecule has 0 fully saturated rings. The summed E-state index contributed by atoms with van der Waals surface area (Å²) in [4.78, 5) is 24.5. The number of aliphatic hydroxyl groups is 2. The van der Waals surface area contributed by atoms with E-state index in [2.05, 4.69) is 55.6 Å². The van der Waals surface area contributed by atoms with Crippen molar-refractivity contribution in [2.24, 2.45) is 0 Å². The molecule has 0 saturated carbocycles. The molecule has 1 amide bonds. The molecule has 3 N–H and O–H groups in total. The van der Waals surface area contributed by atoms with E-state index in [1.54, 1.807) is 0 Å². The van der Waals surface area contributed by atoms with Crippen LogP contribution in [0.3, 0.4) is 0 Å². The molecule has 2 unspecified atom stereocenters. The van der Waals surface area contributed by atoms with E-state index in [1.165, 1.54) is 199 Å². The molecule has 6 heteroatoms. The molecule has 0 rings (SSSR count). The second kappa shape index (κ2) is 54.7. The second-order valence-electron chi connectivity index (χ2n) is 19.6. The molecule has 0 spiro atoms. The summed E-state index contributed by atoms with van der Waals surface area (Å²) in [7, 11) is 0. The third-order valence-corrected chi connectivity index (χ3v) is 13.2. The molecule has 0 radical (unpaired) electrons. The molecule has 382 valence electrons. The molecule has 0 heterocycles. The molecule has 0 aliphatic rings. The topological polar surface area (TPSA) is 95.9 Å². The number of unbranched alkanes of at least 4 members (excludes halogenated alkanes) is 37. The third-order valence-electron chi connectivity index (χ3n) is 13.2. The SMILES string of the molecule is CCCCCCCCC/C=C\CCCCCCCCCC(=O)OCCCCC/C=C\C=C/CCCCCCCCCCCCC(=O)NC(CO)C(O)CCCCCCCCCCCCC. The first kappa shape index (κ1) is 63.1. The van der Waals surface area contributed by atoms with Crippen molar-refractivity contribution in [2.45, 2.75) is 315 Å². The molecular weight excluding hydrogens is 803 g/mol. The van der Waals surface area contributed by atoms with Crippen LogP contribution >= 0.6 is 0 Å². The predicted molar refractivity (Wildman–Crippen MR) is 283 cm³/mol. The van der Waals surface area contributed by atoms with E-state index in [0.717, 1.165) is 70.6 Å². The highest BCUT2D eigenvalue weighted by Gasteiger charge is 2.20. The van der Waals surface area contributed by atoms with Crippen molar-refractivity contribution >= 4 is 11.9 Å². The van der Waals surface area contributed by atoms with Crippen LogP contribution in [0.5, 0.6) is 0 Å². The lowest BCUT2D eigenvalue weighted by Crippen LogP contribution is -2.45. The van der Waals surface area contributed by atoms with E-state index in [0.29, 0.717) is 25.9 Å². The molecule has 0 aromatic heterocycles. The Morgan fingerprint density at radius 2 is 0.769 bits per heavy atom. The van der Waals surface area contributed by atoms with E-state index >= 15 is 0 Å². The normalized spacial score (nSPS) is 12.9. The van der Waals surface area contributed by atoms with Gasteiger partial charge in [0, 0.05) is 12.8 Å². The number of allylic oxidation sites excluding steroid dienone is 6. The van der Waals surface area contributed by atoms with Crippen molar-refractivity contribution in [3.05, 3.63) is 36.5 Å². The Labute approximate surface area is 404 Å². The van der Waals surface area contributed by atoms with E-state index < -0.39 is 12.1 Å². The Morgan fingerprint density at radius 3 is 1.18 bits per heavy atom. The van der Waals surface area contributed by atoms with Crippen LogP contribution < -0.4 is 5.32 Å². The molecule has 65 heavy (non-hydrogen) atoms. The maximum absolute atomic E-state index is 12.4. The Hall–Kier alpha value is -1.92. The van der Waals surface area contributed by atoms with Gasteiger partial charge in [0.25, 0.3) is 0 Å². The minimum absolute atomic E-state index is 0.0165. The average Bonchev–Trinajstić information content (AvgIpc) is 3.31. The number of hydrogen-bond donors (Lipinski definition) is 3. The van der Waals surface area contributed by atoms with Crippen LogP contribution in [0.2, 0.25) is 0 Å². The summed E-state index contributed by atoms with van der Waals surface area (Å²) in [6.07, 6.45) is 67.1. The van der Waals surface area contributed by atoms with Gasteiger partial charge in [-0.2, -0.15) is 0 Å². The lowest BCUT2D eigenvalue weighted by molar-refractivity contribution is -0.143. The van der Waals surface area contributed by atoms with Gasteiger partial charge in [-0.1, -0.05) is 243 Å². The van der Waals surface area contributed by atoms with E-state index in [-0.39, 0.29) is 18.5 Å². The second-order valence-corrected chi connectivity index (χ2v) is 19.6. The number of carbonyl (C=O) groups excluding carboxylic acids is 2. The summed E-state index contributed by atoms with van der Waals surface area (Å²) in [6.45, 7) is 4.90. The van der Waals surface area contributed by atoms with Crippen LogP contribution in [0.4, 0.5) is 0 Å². The standard InChI is InChI=1S/C59H111NO5/c1-3-5-7-9-11-13-15-16-17-18-23-26-29-33-37-41-45-49-53-59(64)65-54-50-46-42-38-34-30-27-24-21-19-20-22-25-28-32-36-40-44-48-52-58(63)60-56(55-61)57(62)51-47-43-39-35-31-14-12-10-8-6-4-2/h17-18,24,27,30,34,56-57,61-62H,3-16,19-23,25-26,28-29,31-33,35-55H2,1-2H3,(H,60,63)/b18-17-,27-24-,34-30-. The van der Waals surface area contributed by atoms with Crippen LogP contribution in [-0.4, -0.2) is 47.4 Å². The number of carbonyl (C=O) groups is 2. The smallest absolute Gasteiger partial charge is 0.305 e. The molecule has 0 bridgehead atoms. The first-order valence-corrected chi connectivity index (χ1v) is 28.8. The number of nitrogens with one attached hydrogen (secondary N) is 1. The summed E-state index contributed by atoms with van der Waals surface area (Å²) in [5.41, 5.74) is 0. The Balaban J connectivity index is 3.46. The fourth-order valence-electron chi connectivity index (χ4n) is 8.74. The van der Waals surface area contributed by atoms with Gasteiger partial charge in [0.05, 0.1) is 25.4 Å². The van der Waals surface area contributed by atoms with Crippen molar-refractivity contribution in [1.82, 2.24) is 5.32 Å². The van der Waals surface area contributed by atoms with E-state index in [4.69, 9.17) is 4.74 Å². The first-order chi connectivity index (χ1) is 32.0. The minimum atomic E-state index is -0.670. The highest BCUT2D eigenvalue weighted by atomic mass is 16.5. The summed E-state index contributed by atoms with van der Waals surface area (Å²) in [5.74, 6) is -0.0627. The summed E-state index contributed by atoms with van der Waals surface area (Å²) >= 11 is 0. The molecule has 0 aliphatic carbocycles. The van der Waals surface area contributed by atoms with Gasteiger partial charge in [0.15, 0.2) is 0 Å². The molecule has 6 nitrogen and oxygen atoms in total. The van der Waals surface area contributed by atoms with Crippen molar-refractivity contribution in [3.8, 4) is 0 Å². The Bertz CT molecular complexity index is 1060. The average molecular weight is 915 g/mol. The van der Waals surface area contributed by atoms with Crippen LogP contribution in [0.25, 0.3) is 0 Å². The van der Waals surface area contributed by atoms with Gasteiger partial charge in [0.1, 0.15) is 0 Å². The van der Waals surface area contributed by atoms with Gasteiger partial charge < -0.3 is 20.3 Å². The molecule has 0 saturated heterocycles. The highest BCUT2D eigenvalue weighted by Crippen LogP contribution is 2.16. The van der Waals surface area contributed by atoms with Gasteiger partial charge in [-0.25, -0.2) is 0 Å². The fraction of sp³-hybridized carbons (Fsp3) is 0.864. The monoisotopic (exact) mass is 914 g/mol. The quantitative estimate of drug-likeness (QED) is 0.0244. The molecule has 0 aliphatic heterocycles. The fourth-order valence-corrected chi connectivity index (χ4v) is 8.74. The van der Waals surface area contributed by atoms with Gasteiger partial charge in [0.2, 0.25) is 5.91 Å². The van der Waals surface area contributed by atoms with Gasteiger partial charge >= 0.3 is 5.97 Å². The Morgan fingerprint density at radius 1 is 0.431 bits per heavy atom. The molecule has 0 aromatic rings. The molecule has 2 atom stereocenters. The number of ether oxygens (including phenoxy) is 1. The number of amides is 1. The first-order valence-electron chi connectivity index (χ1n) is 28.8. The highest BCUT2D eigenvalue weighted by molar-refractivity contribution is 5.76. The van der Waals surface area contributed by atoms with Crippen molar-refractivity contribution < 1.29 is 24.5 Å². The zero-order valence-electron chi connectivity index (χ0n) is 43.5. The predicted octanol–water partition coefficient (Wildman–Crippen LogP) is 17.6. The largest absolute Gasteiger partial charge is 0.466 e. The number of hydrogen-bond acceptors (Lipinski definition) is 5. The van der Waals surface area contributed by atoms with Crippen molar-refractivity contribution in [2.75, 3.05) is 13.2 Å². The van der Waals surface area contributed by atoms with E-state index in [9.17, 15) is 19.8 Å². The number of esters is 1. The Kier molecular flexibility index (Phi) is 53.1. The molecular formula is C59H111NO5. The zero-order valence-corrected chi connectivity index (χ0v) is 43.5.